The fourth-order valence-electron chi connectivity index (χ4n) is 1.64. The normalized spacial score (nSPS) is 11.5. The van der Waals surface area contributed by atoms with Gasteiger partial charge in [-0.15, -0.1) is 0 Å². The van der Waals surface area contributed by atoms with E-state index in [4.69, 9.17) is 9.84 Å². The van der Waals surface area contributed by atoms with Crippen molar-refractivity contribution in [3.05, 3.63) is 33.9 Å². The van der Waals surface area contributed by atoms with Crippen molar-refractivity contribution in [3.63, 3.8) is 0 Å². The number of carbonyl (C=O) groups is 2. The standard InChI is InChI=1S/C12H13NO7/c1-3-20-12(16)10(11(14)15)8-6-7(19-2)4-5-9(8)13(17)18/h4-6,10H,3H2,1-2H3,(H,14,15). The van der Waals surface area contributed by atoms with Gasteiger partial charge in [0.15, 0.2) is 5.92 Å². The van der Waals surface area contributed by atoms with Gasteiger partial charge in [-0.3, -0.25) is 19.7 Å². The smallest absolute Gasteiger partial charge is 0.325 e. The lowest BCUT2D eigenvalue weighted by atomic mass is 9.97. The largest absolute Gasteiger partial charge is 0.497 e. The molecule has 1 aromatic rings. The number of methoxy groups -OCH3 is 1. The molecule has 0 heterocycles. The predicted octanol–water partition coefficient (Wildman–Crippen LogP) is 1.33. The highest BCUT2D eigenvalue weighted by atomic mass is 16.6. The lowest BCUT2D eigenvalue weighted by Crippen LogP contribution is -2.24. The van der Waals surface area contributed by atoms with Crippen molar-refractivity contribution in [2.75, 3.05) is 13.7 Å². The number of aliphatic carboxylic acids is 1. The number of carboxylic acids is 1. The minimum atomic E-state index is -1.77. The topological polar surface area (TPSA) is 116 Å². The first-order valence-electron chi connectivity index (χ1n) is 5.64. The molecule has 8 heteroatoms. The Labute approximate surface area is 114 Å². The Balaban J connectivity index is 3.40. The molecule has 0 aliphatic heterocycles. The van der Waals surface area contributed by atoms with Crippen LogP contribution in [0, 0.1) is 10.1 Å². The van der Waals surface area contributed by atoms with E-state index in [2.05, 4.69) is 4.74 Å². The van der Waals surface area contributed by atoms with Gasteiger partial charge >= 0.3 is 11.9 Å². The molecule has 0 bridgehead atoms. The second kappa shape index (κ2) is 6.50. The highest BCUT2D eigenvalue weighted by Gasteiger charge is 2.35. The molecule has 1 unspecified atom stereocenters. The Morgan fingerprint density at radius 3 is 2.55 bits per heavy atom. The minimum absolute atomic E-state index is 0.0274. The molecular formula is C12H13NO7. The van der Waals surface area contributed by atoms with Gasteiger partial charge in [-0.1, -0.05) is 0 Å². The molecular weight excluding hydrogens is 270 g/mol. The zero-order valence-electron chi connectivity index (χ0n) is 10.9. The van der Waals surface area contributed by atoms with Crippen molar-refractivity contribution in [3.8, 4) is 5.75 Å². The average molecular weight is 283 g/mol. The number of carboxylic acid groups (broad SMARTS) is 1. The van der Waals surface area contributed by atoms with E-state index in [1.807, 2.05) is 0 Å². The third-order valence-electron chi connectivity index (χ3n) is 2.51. The highest BCUT2D eigenvalue weighted by molar-refractivity contribution is 6.01. The molecule has 108 valence electrons. The fraction of sp³-hybridized carbons (Fsp3) is 0.333. The molecule has 1 aromatic carbocycles. The van der Waals surface area contributed by atoms with Crippen LogP contribution >= 0.6 is 0 Å². The second-order valence-corrected chi connectivity index (χ2v) is 3.71. The molecule has 20 heavy (non-hydrogen) atoms. The van der Waals surface area contributed by atoms with Gasteiger partial charge in [0.05, 0.1) is 24.2 Å². The monoisotopic (exact) mass is 283 g/mol. The number of rotatable bonds is 6. The van der Waals surface area contributed by atoms with Crippen molar-refractivity contribution in [1.82, 2.24) is 0 Å². The maximum atomic E-state index is 11.7. The number of hydrogen-bond acceptors (Lipinski definition) is 6. The number of carbonyl (C=O) groups excluding carboxylic acids is 1. The third-order valence-corrected chi connectivity index (χ3v) is 2.51. The van der Waals surface area contributed by atoms with Crippen LogP contribution in [0.1, 0.15) is 18.4 Å². The van der Waals surface area contributed by atoms with E-state index in [-0.39, 0.29) is 17.9 Å². The summed E-state index contributed by atoms with van der Waals surface area (Å²) in [6.07, 6.45) is 0. The highest BCUT2D eigenvalue weighted by Crippen LogP contribution is 2.31. The average Bonchev–Trinajstić information content (AvgIpc) is 2.38. The van der Waals surface area contributed by atoms with Crippen LogP contribution in [0.5, 0.6) is 5.75 Å². The van der Waals surface area contributed by atoms with Gasteiger partial charge in [-0.05, 0) is 19.1 Å². The molecule has 0 aliphatic rings. The van der Waals surface area contributed by atoms with Gasteiger partial charge in [0.25, 0.3) is 5.69 Å². The number of nitrogens with zero attached hydrogens (tertiary/aromatic N) is 1. The van der Waals surface area contributed by atoms with Crippen molar-refractivity contribution in [2.24, 2.45) is 0 Å². The Morgan fingerprint density at radius 2 is 2.10 bits per heavy atom. The Kier molecular flexibility index (Phi) is 5.01. The lowest BCUT2D eigenvalue weighted by Gasteiger charge is -2.12. The van der Waals surface area contributed by atoms with E-state index in [1.165, 1.54) is 20.1 Å². The fourth-order valence-corrected chi connectivity index (χ4v) is 1.64. The van der Waals surface area contributed by atoms with Crippen LogP contribution in [0.15, 0.2) is 18.2 Å². The number of esters is 1. The maximum absolute atomic E-state index is 11.7. The quantitative estimate of drug-likeness (QED) is 0.362. The molecule has 1 N–H and O–H groups in total. The second-order valence-electron chi connectivity index (χ2n) is 3.71. The van der Waals surface area contributed by atoms with Crippen molar-refractivity contribution >= 4 is 17.6 Å². The molecule has 0 amide bonds. The van der Waals surface area contributed by atoms with Crippen molar-refractivity contribution in [1.29, 1.82) is 0 Å². The minimum Gasteiger partial charge on any atom is -0.497 e. The molecule has 8 nitrogen and oxygen atoms in total. The van der Waals surface area contributed by atoms with Gasteiger partial charge in [0.2, 0.25) is 0 Å². The third kappa shape index (κ3) is 3.22. The van der Waals surface area contributed by atoms with Crippen LogP contribution in [0.25, 0.3) is 0 Å². The number of nitro groups is 1. The van der Waals surface area contributed by atoms with Crippen LogP contribution in [0.3, 0.4) is 0 Å². The number of nitro benzene ring substituents is 1. The van der Waals surface area contributed by atoms with Crippen LogP contribution in [0.4, 0.5) is 5.69 Å². The zero-order chi connectivity index (χ0) is 15.3. The Morgan fingerprint density at radius 1 is 1.45 bits per heavy atom. The number of hydrogen-bond donors (Lipinski definition) is 1. The molecule has 0 saturated carbocycles. The van der Waals surface area contributed by atoms with Crippen molar-refractivity contribution in [2.45, 2.75) is 12.8 Å². The van der Waals surface area contributed by atoms with E-state index in [1.54, 1.807) is 0 Å². The summed E-state index contributed by atoms with van der Waals surface area (Å²) in [4.78, 5) is 33.1. The van der Waals surface area contributed by atoms with Crippen LogP contribution in [-0.2, 0) is 14.3 Å². The molecule has 1 atom stereocenters. The molecule has 0 radical (unpaired) electrons. The molecule has 1 rings (SSSR count). The van der Waals surface area contributed by atoms with Crippen LogP contribution in [0.2, 0.25) is 0 Å². The van der Waals surface area contributed by atoms with E-state index >= 15 is 0 Å². The Hall–Kier alpha value is -2.64. The zero-order valence-corrected chi connectivity index (χ0v) is 10.9. The van der Waals surface area contributed by atoms with Crippen LogP contribution in [-0.4, -0.2) is 35.7 Å². The van der Waals surface area contributed by atoms with Crippen LogP contribution < -0.4 is 4.74 Å². The van der Waals surface area contributed by atoms with Gasteiger partial charge in [0.1, 0.15) is 5.75 Å². The van der Waals surface area contributed by atoms with E-state index in [9.17, 15) is 19.7 Å². The molecule has 0 saturated heterocycles. The summed E-state index contributed by atoms with van der Waals surface area (Å²) in [6.45, 7) is 1.48. The first-order valence-corrected chi connectivity index (χ1v) is 5.64. The summed E-state index contributed by atoms with van der Waals surface area (Å²) >= 11 is 0. The van der Waals surface area contributed by atoms with Gasteiger partial charge in [0, 0.05) is 6.07 Å². The first kappa shape index (κ1) is 15.4. The van der Waals surface area contributed by atoms with Gasteiger partial charge in [-0.25, -0.2) is 0 Å². The summed E-state index contributed by atoms with van der Waals surface area (Å²) < 4.78 is 9.54. The summed E-state index contributed by atoms with van der Waals surface area (Å²) in [7, 11) is 1.32. The Bertz CT molecular complexity index is 541. The maximum Gasteiger partial charge on any atom is 0.325 e. The van der Waals surface area contributed by atoms with Gasteiger partial charge < -0.3 is 14.6 Å². The predicted molar refractivity (Wildman–Crippen MR) is 66.7 cm³/mol. The van der Waals surface area contributed by atoms with E-state index in [0.29, 0.717) is 0 Å². The summed E-state index contributed by atoms with van der Waals surface area (Å²) in [5, 5.41) is 20.1. The van der Waals surface area contributed by atoms with Gasteiger partial charge in [-0.2, -0.15) is 0 Å². The molecule has 0 aliphatic carbocycles. The molecule has 0 spiro atoms. The number of benzene rings is 1. The SMILES string of the molecule is CCOC(=O)C(C(=O)O)c1cc(OC)ccc1[N+](=O)[O-]. The first-order chi connectivity index (χ1) is 9.42. The van der Waals surface area contributed by atoms with E-state index in [0.717, 1.165) is 12.1 Å². The molecule has 0 aromatic heterocycles. The van der Waals surface area contributed by atoms with Crippen molar-refractivity contribution < 1.29 is 29.1 Å². The lowest BCUT2D eigenvalue weighted by molar-refractivity contribution is -0.385. The number of ether oxygens (including phenoxy) is 2. The summed E-state index contributed by atoms with van der Waals surface area (Å²) in [6, 6.07) is 3.54. The van der Waals surface area contributed by atoms with E-state index < -0.39 is 28.5 Å². The summed E-state index contributed by atoms with van der Waals surface area (Å²) in [5.74, 6) is -4.15. The molecule has 0 fully saturated rings. The summed E-state index contributed by atoms with van der Waals surface area (Å²) in [5.41, 5.74) is -0.758.